The van der Waals surface area contributed by atoms with Crippen molar-refractivity contribution in [3.05, 3.63) is 59.2 Å². The maximum atomic E-state index is 13.7. The van der Waals surface area contributed by atoms with E-state index in [4.69, 9.17) is 19.6 Å². The van der Waals surface area contributed by atoms with E-state index in [1.54, 1.807) is 34.7 Å². The fourth-order valence-corrected chi connectivity index (χ4v) is 4.79. The van der Waals surface area contributed by atoms with Crippen LogP contribution < -0.4 is 0 Å². The molecule has 0 N–H and O–H groups in total. The van der Waals surface area contributed by atoms with Gasteiger partial charge >= 0.3 is 12.1 Å². The van der Waals surface area contributed by atoms with Crippen LogP contribution >= 0.6 is 0 Å². The van der Waals surface area contributed by atoms with Gasteiger partial charge in [0.05, 0.1) is 34.6 Å². The maximum absolute atomic E-state index is 13.7. The van der Waals surface area contributed by atoms with E-state index < -0.39 is 11.6 Å². The molecule has 9 heteroatoms. The molecule has 3 aromatic rings. The highest BCUT2D eigenvalue weighted by molar-refractivity contribution is 6.05. The summed E-state index contributed by atoms with van der Waals surface area (Å²) < 4.78 is 26.4. The van der Waals surface area contributed by atoms with Crippen LogP contribution in [0.2, 0.25) is 0 Å². The van der Waals surface area contributed by atoms with Gasteiger partial charge in [0.2, 0.25) is 0 Å². The molecule has 208 valence electrons. The van der Waals surface area contributed by atoms with Crippen LogP contribution in [0.5, 0.6) is 0 Å². The lowest BCUT2D eigenvalue weighted by Gasteiger charge is -2.29. The van der Waals surface area contributed by atoms with Crippen LogP contribution in [0.3, 0.4) is 0 Å². The van der Waals surface area contributed by atoms with Crippen LogP contribution in [0.1, 0.15) is 88.5 Å². The van der Waals surface area contributed by atoms with Gasteiger partial charge < -0.3 is 14.4 Å². The molecule has 0 fully saturated rings. The predicted octanol–water partition coefficient (Wildman–Crippen LogP) is 6.66. The van der Waals surface area contributed by atoms with E-state index in [1.165, 1.54) is 12.1 Å². The number of halogens is 1. The highest BCUT2D eigenvalue weighted by atomic mass is 19.1. The van der Waals surface area contributed by atoms with Crippen LogP contribution in [0.15, 0.2) is 36.4 Å². The molecule has 0 radical (unpaired) electrons. The molecule has 0 saturated heterocycles. The molecule has 0 aliphatic carbocycles. The fourth-order valence-electron chi connectivity index (χ4n) is 4.79. The van der Waals surface area contributed by atoms with Crippen LogP contribution in [-0.4, -0.2) is 57.0 Å². The molecular formula is C30H37FN4O4. The summed E-state index contributed by atoms with van der Waals surface area (Å²) in [7, 11) is 0. The minimum Gasteiger partial charge on any atom is -0.462 e. The number of benzene rings is 1. The Hall–Kier alpha value is -3.75. The van der Waals surface area contributed by atoms with E-state index in [1.807, 2.05) is 26.8 Å². The second kappa shape index (κ2) is 11.6. The number of aromatic nitrogens is 3. The van der Waals surface area contributed by atoms with Gasteiger partial charge in [0.25, 0.3) is 0 Å². The van der Waals surface area contributed by atoms with Gasteiger partial charge in [-0.2, -0.15) is 5.10 Å². The minimum absolute atomic E-state index is 0.103. The Balaban J connectivity index is 1.87. The van der Waals surface area contributed by atoms with Gasteiger partial charge in [-0.1, -0.05) is 19.9 Å². The van der Waals surface area contributed by atoms with Crippen molar-refractivity contribution in [1.82, 2.24) is 19.7 Å². The Kier molecular flexibility index (Phi) is 8.37. The molecule has 0 atom stereocenters. The Morgan fingerprint density at radius 3 is 2.36 bits per heavy atom. The van der Waals surface area contributed by atoms with E-state index in [0.717, 1.165) is 24.1 Å². The maximum Gasteiger partial charge on any atom is 0.410 e. The molecule has 0 bridgehead atoms. The van der Waals surface area contributed by atoms with Gasteiger partial charge in [-0.15, -0.1) is 0 Å². The van der Waals surface area contributed by atoms with Gasteiger partial charge in [-0.3, -0.25) is 0 Å². The average Bonchev–Trinajstić information content (AvgIpc) is 3.28. The number of pyridine rings is 1. The fraction of sp³-hybridized carbons (Fsp3) is 0.467. The number of carbonyl (C=O) groups excluding carboxylic acids is 2. The van der Waals surface area contributed by atoms with Crippen molar-refractivity contribution in [1.29, 1.82) is 0 Å². The van der Waals surface area contributed by atoms with E-state index in [0.29, 0.717) is 47.5 Å². The normalized spacial score (nSPS) is 14.1. The van der Waals surface area contributed by atoms with Crippen molar-refractivity contribution in [3.63, 3.8) is 0 Å². The van der Waals surface area contributed by atoms with Crippen LogP contribution in [0.25, 0.3) is 22.3 Å². The standard InChI is InChI=1S/C30H37FN4O4/c1-7-19(8-2)26-25-23(28(36)38-9-3)18-24(20-14-16-34(17-15-20)29(37)39-30(4,5)6)32-27(25)35(33-26)22-12-10-21(31)11-13-22/h10-14,18-19H,7-9,15-17H2,1-6H3. The number of nitrogens with zero attached hydrogens (tertiary/aromatic N) is 4. The summed E-state index contributed by atoms with van der Waals surface area (Å²) in [5.41, 5.74) is 3.30. The molecule has 1 aromatic carbocycles. The Bertz CT molecular complexity index is 1380. The first kappa shape index (κ1) is 28.3. The molecule has 1 amide bonds. The van der Waals surface area contributed by atoms with Gasteiger partial charge in [0.1, 0.15) is 11.4 Å². The molecule has 0 saturated carbocycles. The number of esters is 1. The van der Waals surface area contributed by atoms with Crippen molar-refractivity contribution in [2.45, 2.75) is 72.3 Å². The third kappa shape index (κ3) is 6.13. The van der Waals surface area contributed by atoms with E-state index in [-0.39, 0.29) is 24.4 Å². The zero-order valence-corrected chi connectivity index (χ0v) is 23.6. The summed E-state index contributed by atoms with van der Waals surface area (Å²) in [4.78, 5) is 32.5. The predicted molar refractivity (Wildman–Crippen MR) is 149 cm³/mol. The zero-order valence-electron chi connectivity index (χ0n) is 23.6. The topological polar surface area (TPSA) is 86.6 Å². The average molecular weight is 537 g/mol. The van der Waals surface area contributed by atoms with Crippen molar-refractivity contribution < 1.29 is 23.5 Å². The lowest BCUT2D eigenvalue weighted by molar-refractivity contribution is 0.0270. The van der Waals surface area contributed by atoms with Crippen LogP contribution in [0, 0.1) is 5.82 Å². The number of hydrogen-bond acceptors (Lipinski definition) is 6. The Morgan fingerprint density at radius 1 is 1.10 bits per heavy atom. The summed E-state index contributed by atoms with van der Waals surface area (Å²) in [5, 5.41) is 5.58. The Labute approximate surface area is 228 Å². The van der Waals surface area contributed by atoms with E-state index in [9.17, 15) is 14.0 Å². The number of amides is 1. The quantitative estimate of drug-likeness (QED) is 0.314. The van der Waals surface area contributed by atoms with Crippen LogP contribution in [0.4, 0.5) is 9.18 Å². The molecule has 3 heterocycles. The van der Waals surface area contributed by atoms with Crippen LogP contribution in [-0.2, 0) is 9.47 Å². The first-order valence-corrected chi connectivity index (χ1v) is 13.6. The smallest absolute Gasteiger partial charge is 0.410 e. The second-order valence-electron chi connectivity index (χ2n) is 10.7. The summed E-state index contributed by atoms with van der Waals surface area (Å²) in [6.07, 6.45) is 3.79. The Morgan fingerprint density at radius 2 is 1.79 bits per heavy atom. The largest absolute Gasteiger partial charge is 0.462 e. The van der Waals surface area contributed by atoms with Gasteiger partial charge in [-0.25, -0.2) is 23.6 Å². The molecule has 0 unspecified atom stereocenters. The summed E-state index contributed by atoms with van der Waals surface area (Å²) in [6, 6.07) is 7.83. The number of fused-ring (bicyclic) bond motifs is 1. The van der Waals surface area contributed by atoms with Gasteiger partial charge in [0, 0.05) is 19.0 Å². The molecule has 4 rings (SSSR count). The molecule has 1 aliphatic heterocycles. The lowest BCUT2D eigenvalue weighted by atomic mass is 9.94. The first-order valence-electron chi connectivity index (χ1n) is 13.6. The third-order valence-electron chi connectivity index (χ3n) is 6.79. The molecule has 2 aromatic heterocycles. The number of carbonyl (C=O) groups is 2. The highest BCUT2D eigenvalue weighted by Crippen LogP contribution is 2.35. The van der Waals surface area contributed by atoms with Crippen molar-refractivity contribution in [2.75, 3.05) is 19.7 Å². The lowest BCUT2D eigenvalue weighted by Crippen LogP contribution is -2.39. The second-order valence-corrected chi connectivity index (χ2v) is 10.7. The number of hydrogen-bond donors (Lipinski definition) is 0. The molecule has 0 spiro atoms. The SMILES string of the molecule is CCOC(=O)c1cc(C2=CCN(C(=O)OC(C)(C)C)CC2)nc2c1c(C(CC)CC)nn2-c1ccc(F)cc1. The first-order chi connectivity index (χ1) is 18.6. The van der Waals surface area contributed by atoms with Gasteiger partial charge in [-0.05, 0) is 82.9 Å². The zero-order chi connectivity index (χ0) is 28.3. The highest BCUT2D eigenvalue weighted by Gasteiger charge is 2.28. The molecular weight excluding hydrogens is 499 g/mol. The minimum atomic E-state index is -0.576. The summed E-state index contributed by atoms with van der Waals surface area (Å²) >= 11 is 0. The van der Waals surface area contributed by atoms with E-state index >= 15 is 0 Å². The third-order valence-corrected chi connectivity index (χ3v) is 6.79. The van der Waals surface area contributed by atoms with Crippen molar-refractivity contribution >= 4 is 28.7 Å². The summed E-state index contributed by atoms with van der Waals surface area (Å²) in [6.45, 7) is 12.5. The number of ether oxygens (including phenoxy) is 2. The summed E-state index contributed by atoms with van der Waals surface area (Å²) in [5.74, 6) is -0.687. The molecule has 8 nitrogen and oxygen atoms in total. The van der Waals surface area contributed by atoms with Gasteiger partial charge in [0.15, 0.2) is 5.65 Å². The molecule has 39 heavy (non-hydrogen) atoms. The van der Waals surface area contributed by atoms with Crippen molar-refractivity contribution in [2.24, 2.45) is 0 Å². The van der Waals surface area contributed by atoms with Crippen molar-refractivity contribution in [3.8, 4) is 5.69 Å². The number of rotatable bonds is 7. The van der Waals surface area contributed by atoms with E-state index in [2.05, 4.69) is 13.8 Å². The monoisotopic (exact) mass is 536 g/mol. The molecule has 1 aliphatic rings.